The Labute approximate surface area is 364 Å². The number of nitrogens with zero attached hydrogens (tertiary/aromatic N) is 2. The van der Waals surface area contributed by atoms with Gasteiger partial charge in [-0.1, -0.05) is 173 Å². The summed E-state index contributed by atoms with van der Waals surface area (Å²) >= 11 is 0. The highest BCUT2D eigenvalue weighted by Gasteiger charge is 2.37. The molecule has 2 heteroatoms. The quantitative estimate of drug-likeness (QED) is 0.163. The van der Waals surface area contributed by atoms with Crippen molar-refractivity contribution in [1.82, 2.24) is 4.57 Å². The van der Waals surface area contributed by atoms with Crippen LogP contribution in [0.2, 0.25) is 0 Å². The fourth-order valence-electron chi connectivity index (χ4n) is 10.7. The van der Waals surface area contributed by atoms with Crippen molar-refractivity contribution >= 4 is 38.9 Å². The molecule has 2 aliphatic rings. The number of hydrogen-bond acceptors (Lipinski definition) is 1. The second-order valence-corrected chi connectivity index (χ2v) is 18.2. The summed E-state index contributed by atoms with van der Waals surface area (Å²) < 4.78 is 2.49. The summed E-state index contributed by atoms with van der Waals surface area (Å²) in [6.07, 6.45) is 0. The third-order valence-electron chi connectivity index (χ3n) is 14.0. The highest BCUT2D eigenvalue weighted by atomic mass is 15.1. The Bertz CT molecular complexity index is 3370. The molecular formula is C60H46N2. The third kappa shape index (κ3) is 5.43. The van der Waals surface area contributed by atoms with Crippen molar-refractivity contribution in [3.05, 3.63) is 229 Å². The molecular weight excluding hydrogens is 749 g/mol. The molecule has 0 unspecified atom stereocenters. The van der Waals surface area contributed by atoms with Gasteiger partial charge < -0.3 is 9.47 Å². The van der Waals surface area contributed by atoms with Gasteiger partial charge in [-0.3, -0.25) is 0 Å². The summed E-state index contributed by atoms with van der Waals surface area (Å²) in [5, 5.41) is 2.61. The molecule has 1 aliphatic carbocycles. The van der Waals surface area contributed by atoms with Crippen LogP contribution in [-0.4, -0.2) is 4.57 Å². The predicted octanol–water partition coefficient (Wildman–Crippen LogP) is 16.2. The van der Waals surface area contributed by atoms with Crippen LogP contribution >= 0.6 is 0 Å². The molecule has 9 aromatic carbocycles. The molecule has 0 amide bonds. The molecule has 296 valence electrons. The minimum Gasteiger partial charge on any atom is -0.310 e. The molecule has 0 saturated carbocycles. The lowest BCUT2D eigenvalue weighted by atomic mass is 9.74. The van der Waals surface area contributed by atoms with E-state index in [4.69, 9.17) is 0 Å². The topological polar surface area (TPSA) is 8.17 Å². The molecule has 62 heavy (non-hydrogen) atoms. The lowest BCUT2D eigenvalue weighted by Crippen LogP contribution is -2.26. The van der Waals surface area contributed by atoms with E-state index in [0.717, 1.165) is 17.1 Å². The van der Waals surface area contributed by atoms with Crippen LogP contribution in [0.4, 0.5) is 17.1 Å². The smallest absolute Gasteiger partial charge is 0.0582 e. The number of hydrogen-bond donors (Lipinski definition) is 0. The van der Waals surface area contributed by atoms with Gasteiger partial charge in [0.05, 0.1) is 16.7 Å². The van der Waals surface area contributed by atoms with Crippen LogP contribution in [0.25, 0.3) is 72.0 Å². The zero-order chi connectivity index (χ0) is 41.7. The second-order valence-electron chi connectivity index (χ2n) is 18.2. The minimum absolute atomic E-state index is 0.0931. The molecule has 0 saturated heterocycles. The first-order valence-electron chi connectivity index (χ1n) is 21.8. The number of anilines is 3. The molecule has 0 radical (unpaired) electrons. The van der Waals surface area contributed by atoms with Crippen molar-refractivity contribution in [1.29, 1.82) is 0 Å². The number of fused-ring (bicyclic) bond motifs is 8. The molecule has 2 nitrogen and oxygen atoms in total. The molecule has 12 rings (SSSR count). The third-order valence-corrected chi connectivity index (χ3v) is 14.0. The van der Waals surface area contributed by atoms with E-state index in [1.807, 2.05) is 0 Å². The van der Waals surface area contributed by atoms with Crippen LogP contribution in [0.1, 0.15) is 49.9 Å². The van der Waals surface area contributed by atoms with Crippen LogP contribution in [0.15, 0.2) is 206 Å². The Morgan fingerprint density at radius 2 is 0.839 bits per heavy atom. The number of para-hydroxylation sites is 2. The van der Waals surface area contributed by atoms with Crippen molar-refractivity contribution in [2.45, 2.75) is 38.5 Å². The van der Waals surface area contributed by atoms with Gasteiger partial charge in [0.15, 0.2) is 0 Å². The highest BCUT2D eigenvalue weighted by molar-refractivity contribution is 6.13. The van der Waals surface area contributed by atoms with E-state index in [-0.39, 0.29) is 10.8 Å². The lowest BCUT2D eigenvalue weighted by Gasteiger charge is -2.35. The standard InChI is InChI=1S/C60H46N2/c1-59(2)52-18-10-8-16-48(52)49-35-34-47(38-54(49)59)61(45-30-26-41(27-31-45)39-14-6-5-7-15-39)46-32-28-42(29-33-46)40-22-24-43(25-23-40)44-36-51-50-17-9-12-20-56(50)62-57-21-13-11-19-53(57)60(3,4)55(37-44)58(51)62/h5-38H,1-4H3. The molecule has 10 aromatic rings. The summed E-state index contributed by atoms with van der Waals surface area (Å²) in [6.45, 7) is 9.47. The van der Waals surface area contributed by atoms with Gasteiger partial charge in [-0.25, -0.2) is 0 Å². The summed E-state index contributed by atoms with van der Waals surface area (Å²) in [7, 11) is 0. The molecule has 0 atom stereocenters. The van der Waals surface area contributed by atoms with Crippen molar-refractivity contribution in [2.75, 3.05) is 4.90 Å². The van der Waals surface area contributed by atoms with Crippen LogP contribution in [0.3, 0.4) is 0 Å². The molecule has 0 bridgehead atoms. The first-order chi connectivity index (χ1) is 30.3. The fraction of sp³-hybridized carbons (Fsp3) is 0.100. The monoisotopic (exact) mass is 794 g/mol. The average Bonchev–Trinajstić information content (AvgIpc) is 3.77. The maximum atomic E-state index is 2.49. The largest absolute Gasteiger partial charge is 0.310 e. The first kappa shape index (κ1) is 36.4. The number of rotatable bonds is 6. The SMILES string of the molecule is CC1(C)c2ccccc2-c2ccc(N(c3ccc(-c4ccccc4)cc3)c3ccc(-c4ccc(-c5cc6c7c(c5)c5ccccc5n7-c5ccccc5C6(C)C)cc4)cc3)cc21. The van der Waals surface area contributed by atoms with Crippen LogP contribution in [-0.2, 0) is 10.8 Å². The van der Waals surface area contributed by atoms with E-state index in [1.165, 1.54) is 94.3 Å². The summed E-state index contributed by atoms with van der Waals surface area (Å²) in [5.41, 5.74) is 22.5. The molecule has 1 aromatic heterocycles. The lowest BCUT2D eigenvalue weighted by molar-refractivity contribution is 0.630. The Hall–Kier alpha value is -7.42. The Balaban J connectivity index is 0.911. The van der Waals surface area contributed by atoms with E-state index in [1.54, 1.807) is 0 Å². The first-order valence-corrected chi connectivity index (χ1v) is 21.8. The van der Waals surface area contributed by atoms with Gasteiger partial charge in [0.25, 0.3) is 0 Å². The maximum absolute atomic E-state index is 2.49. The zero-order valence-electron chi connectivity index (χ0n) is 35.5. The van der Waals surface area contributed by atoms with E-state index in [0.29, 0.717) is 0 Å². The highest BCUT2D eigenvalue weighted by Crippen LogP contribution is 2.52. The van der Waals surface area contributed by atoms with E-state index in [9.17, 15) is 0 Å². The van der Waals surface area contributed by atoms with Crippen molar-refractivity contribution in [3.63, 3.8) is 0 Å². The molecule has 0 fully saturated rings. The van der Waals surface area contributed by atoms with Crippen LogP contribution < -0.4 is 4.90 Å². The average molecular weight is 795 g/mol. The van der Waals surface area contributed by atoms with Gasteiger partial charge in [0.1, 0.15) is 0 Å². The normalized spacial score (nSPS) is 14.1. The van der Waals surface area contributed by atoms with Crippen LogP contribution in [0, 0.1) is 0 Å². The fourth-order valence-corrected chi connectivity index (χ4v) is 10.7. The van der Waals surface area contributed by atoms with Gasteiger partial charge in [0.2, 0.25) is 0 Å². The van der Waals surface area contributed by atoms with Gasteiger partial charge in [-0.15, -0.1) is 0 Å². The van der Waals surface area contributed by atoms with Gasteiger partial charge in [-0.2, -0.15) is 0 Å². The van der Waals surface area contributed by atoms with Crippen molar-refractivity contribution in [2.24, 2.45) is 0 Å². The summed E-state index contributed by atoms with van der Waals surface area (Å²) in [5.74, 6) is 0. The summed E-state index contributed by atoms with van der Waals surface area (Å²) in [6, 6.07) is 76.4. The van der Waals surface area contributed by atoms with Gasteiger partial charge in [-0.05, 0) is 127 Å². The van der Waals surface area contributed by atoms with Crippen molar-refractivity contribution in [3.8, 4) is 50.2 Å². The molecule has 1 aliphatic heterocycles. The number of benzene rings is 9. The zero-order valence-corrected chi connectivity index (χ0v) is 35.5. The second kappa shape index (κ2) is 13.5. The Kier molecular flexibility index (Phi) is 7.96. The number of aromatic nitrogens is 1. The Morgan fingerprint density at radius 1 is 0.339 bits per heavy atom. The van der Waals surface area contributed by atoms with Gasteiger partial charge >= 0.3 is 0 Å². The minimum atomic E-state index is -0.143. The molecule has 2 heterocycles. The van der Waals surface area contributed by atoms with E-state index < -0.39 is 0 Å². The molecule has 0 spiro atoms. The van der Waals surface area contributed by atoms with Crippen molar-refractivity contribution < 1.29 is 0 Å². The van der Waals surface area contributed by atoms with Crippen LogP contribution in [0.5, 0.6) is 0 Å². The molecule has 0 N–H and O–H groups in total. The van der Waals surface area contributed by atoms with E-state index in [2.05, 4.69) is 243 Å². The predicted molar refractivity (Wildman–Crippen MR) is 261 cm³/mol. The maximum Gasteiger partial charge on any atom is 0.0582 e. The van der Waals surface area contributed by atoms with Gasteiger partial charge in [0, 0.05) is 38.7 Å². The summed E-state index contributed by atoms with van der Waals surface area (Å²) in [4.78, 5) is 2.40. The Morgan fingerprint density at radius 3 is 1.53 bits per heavy atom. The van der Waals surface area contributed by atoms with E-state index >= 15 is 0 Å².